The number of fused-ring (bicyclic) bond motifs is 1. The van der Waals surface area contributed by atoms with Crippen LogP contribution in [0.15, 0.2) is 38.5 Å². The van der Waals surface area contributed by atoms with Gasteiger partial charge in [0.25, 0.3) is 5.56 Å². The highest BCUT2D eigenvalue weighted by atomic mass is 32.2. The van der Waals surface area contributed by atoms with E-state index in [0.717, 1.165) is 48.9 Å². The van der Waals surface area contributed by atoms with Gasteiger partial charge in [0.1, 0.15) is 6.54 Å². The van der Waals surface area contributed by atoms with Crippen LogP contribution in [0.4, 0.5) is 0 Å². The number of nitrogens with one attached hydrogen (secondary N) is 1. The topological polar surface area (TPSA) is 107 Å². The molecule has 2 heterocycles. The molecule has 1 N–H and O–H groups in total. The zero-order valence-corrected chi connectivity index (χ0v) is 18.5. The second-order valence-electron chi connectivity index (χ2n) is 9.22. The highest BCUT2D eigenvalue weighted by molar-refractivity contribution is 7.89. The van der Waals surface area contributed by atoms with Crippen LogP contribution in [0.2, 0.25) is 0 Å². The molecule has 0 atom stereocenters. The van der Waals surface area contributed by atoms with Crippen LogP contribution in [0.1, 0.15) is 56.2 Å². The molecule has 0 bridgehead atoms. The van der Waals surface area contributed by atoms with E-state index in [0.29, 0.717) is 17.1 Å². The van der Waals surface area contributed by atoms with Gasteiger partial charge in [-0.25, -0.2) is 17.8 Å². The molecule has 2 fully saturated rings. The summed E-state index contributed by atoms with van der Waals surface area (Å²) < 4.78 is 35.2. The Kier molecular flexibility index (Phi) is 4.78. The van der Waals surface area contributed by atoms with E-state index in [1.807, 2.05) is 13.8 Å². The summed E-state index contributed by atoms with van der Waals surface area (Å²) in [5.41, 5.74) is 0.829. The first-order valence-corrected chi connectivity index (χ1v) is 12.2. The molecule has 0 saturated heterocycles. The number of sulfonamides is 1. The molecule has 31 heavy (non-hydrogen) atoms. The van der Waals surface area contributed by atoms with E-state index in [2.05, 4.69) is 15.0 Å². The third-order valence-electron chi connectivity index (χ3n) is 6.39. The maximum atomic E-state index is 13.3. The van der Waals surface area contributed by atoms with Crippen LogP contribution in [0, 0.1) is 12.8 Å². The molecular formula is C22H26N4O4S. The first-order valence-electron chi connectivity index (χ1n) is 10.7. The maximum absolute atomic E-state index is 13.3. The second-order valence-corrected chi connectivity index (χ2v) is 10.9. The molecule has 2 aromatic heterocycles. The maximum Gasteiger partial charge on any atom is 0.275 e. The molecule has 164 valence electrons. The highest BCUT2D eigenvalue weighted by Gasteiger charge is 2.41. The molecule has 3 aromatic rings. The third kappa shape index (κ3) is 4.04. The number of nitrogens with zero attached hydrogens (tertiary/aromatic N) is 3. The van der Waals surface area contributed by atoms with Gasteiger partial charge >= 0.3 is 0 Å². The Bertz CT molecular complexity index is 1320. The van der Waals surface area contributed by atoms with Crippen molar-refractivity contribution in [1.82, 2.24) is 19.7 Å². The Labute approximate surface area is 180 Å². The molecule has 0 unspecified atom stereocenters. The largest absolute Gasteiger partial charge is 0.359 e. The number of rotatable bonds is 7. The van der Waals surface area contributed by atoms with Crippen molar-refractivity contribution in [2.24, 2.45) is 5.92 Å². The Morgan fingerprint density at radius 3 is 2.61 bits per heavy atom. The van der Waals surface area contributed by atoms with Crippen molar-refractivity contribution in [2.45, 2.75) is 69.4 Å². The molecule has 0 aliphatic heterocycles. The van der Waals surface area contributed by atoms with Crippen molar-refractivity contribution in [3.05, 3.63) is 51.8 Å². The standard InChI is InChI=1S/C22H26N4O4S/c1-14-10-16(30-24-14)13-26-21(27)19-12-17(31(28,29)25-22(2)8-9-22)6-7-18(19)20(23-26)11-15-4-3-5-15/h6-7,10,12,15,25H,3-5,8-9,11,13H2,1-2H3. The van der Waals surface area contributed by atoms with E-state index in [4.69, 9.17) is 4.52 Å². The van der Waals surface area contributed by atoms with Crippen LogP contribution in [-0.4, -0.2) is 28.9 Å². The summed E-state index contributed by atoms with van der Waals surface area (Å²) in [5, 5.41) is 9.60. The molecule has 2 saturated carbocycles. The van der Waals surface area contributed by atoms with Crippen molar-refractivity contribution in [2.75, 3.05) is 0 Å². The zero-order chi connectivity index (χ0) is 21.8. The number of aromatic nitrogens is 3. The Morgan fingerprint density at radius 2 is 2.00 bits per heavy atom. The van der Waals surface area contributed by atoms with Gasteiger partial charge in [-0.3, -0.25) is 4.79 Å². The Balaban J connectivity index is 1.60. The van der Waals surface area contributed by atoms with Gasteiger partial charge in [0.05, 0.1) is 21.7 Å². The van der Waals surface area contributed by atoms with Crippen LogP contribution < -0.4 is 10.3 Å². The fourth-order valence-electron chi connectivity index (χ4n) is 4.04. The van der Waals surface area contributed by atoms with E-state index < -0.39 is 10.0 Å². The average Bonchev–Trinajstić information content (AvgIpc) is 3.25. The lowest BCUT2D eigenvalue weighted by atomic mass is 9.81. The average molecular weight is 443 g/mol. The van der Waals surface area contributed by atoms with Gasteiger partial charge < -0.3 is 4.52 Å². The minimum atomic E-state index is -3.71. The summed E-state index contributed by atoms with van der Waals surface area (Å²) in [6, 6.07) is 6.56. The van der Waals surface area contributed by atoms with Gasteiger partial charge in [-0.1, -0.05) is 30.5 Å². The predicted octanol–water partition coefficient (Wildman–Crippen LogP) is 2.91. The van der Waals surface area contributed by atoms with Gasteiger partial charge in [-0.15, -0.1) is 0 Å². The summed E-state index contributed by atoms with van der Waals surface area (Å²) in [5.74, 6) is 1.09. The molecule has 0 radical (unpaired) electrons. The Morgan fingerprint density at radius 1 is 1.23 bits per heavy atom. The predicted molar refractivity (Wildman–Crippen MR) is 115 cm³/mol. The van der Waals surface area contributed by atoms with Gasteiger partial charge in [-0.05, 0) is 51.2 Å². The fourth-order valence-corrected chi connectivity index (χ4v) is 5.53. The molecule has 0 amide bonds. The van der Waals surface area contributed by atoms with Crippen LogP contribution in [0.3, 0.4) is 0 Å². The SMILES string of the molecule is Cc1cc(Cn2nc(CC3CCC3)c3ccc(S(=O)(=O)NC4(C)CC4)cc3c2=O)on1. The normalized spacial score (nSPS) is 18.3. The summed E-state index contributed by atoms with van der Waals surface area (Å²) in [6.45, 7) is 3.86. The van der Waals surface area contributed by atoms with Crippen LogP contribution >= 0.6 is 0 Å². The number of hydrogen-bond donors (Lipinski definition) is 1. The number of hydrogen-bond acceptors (Lipinski definition) is 6. The number of benzene rings is 1. The van der Waals surface area contributed by atoms with E-state index in [1.54, 1.807) is 18.2 Å². The summed E-state index contributed by atoms with van der Waals surface area (Å²) in [4.78, 5) is 13.4. The molecule has 0 spiro atoms. The lowest BCUT2D eigenvalue weighted by Gasteiger charge is -2.25. The first kappa shape index (κ1) is 20.4. The van der Waals surface area contributed by atoms with Crippen molar-refractivity contribution in [3.63, 3.8) is 0 Å². The van der Waals surface area contributed by atoms with E-state index in [1.165, 1.54) is 17.2 Å². The van der Waals surface area contributed by atoms with E-state index in [-0.39, 0.29) is 22.5 Å². The monoisotopic (exact) mass is 442 g/mol. The summed E-state index contributed by atoms with van der Waals surface area (Å²) in [7, 11) is -3.71. The van der Waals surface area contributed by atoms with Crippen molar-refractivity contribution in [1.29, 1.82) is 0 Å². The summed E-state index contributed by atoms with van der Waals surface area (Å²) >= 11 is 0. The van der Waals surface area contributed by atoms with Gasteiger partial charge in [0.15, 0.2) is 5.76 Å². The zero-order valence-electron chi connectivity index (χ0n) is 17.7. The lowest BCUT2D eigenvalue weighted by Crippen LogP contribution is -2.34. The minimum Gasteiger partial charge on any atom is -0.359 e. The van der Waals surface area contributed by atoms with E-state index in [9.17, 15) is 13.2 Å². The van der Waals surface area contributed by atoms with Crippen LogP contribution in [-0.2, 0) is 23.0 Å². The molecule has 1 aromatic carbocycles. The minimum absolute atomic E-state index is 0.105. The first-order chi connectivity index (χ1) is 14.7. The molecular weight excluding hydrogens is 416 g/mol. The molecule has 5 rings (SSSR count). The van der Waals surface area contributed by atoms with Crippen molar-refractivity contribution < 1.29 is 12.9 Å². The van der Waals surface area contributed by atoms with Crippen molar-refractivity contribution in [3.8, 4) is 0 Å². The highest BCUT2D eigenvalue weighted by Crippen LogP contribution is 2.36. The molecule has 8 nitrogen and oxygen atoms in total. The van der Waals surface area contributed by atoms with E-state index >= 15 is 0 Å². The fraction of sp³-hybridized carbons (Fsp3) is 0.500. The second kappa shape index (κ2) is 7.27. The van der Waals surface area contributed by atoms with Crippen molar-refractivity contribution >= 4 is 20.8 Å². The van der Waals surface area contributed by atoms with Crippen LogP contribution in [0.5, 0.6) is 0 Å². The summed E-state index contributed by atoms with van der Waals surface area (Å²) in [6.07, 6.45) is 5.93. The number of aryl methyl sites for hydroxylation is 1. The molecule has 2 aliphatic rings. The molecule has 2 aliphatic carbocycles. The third-order valence-corrected chi connectivity index (χ3v) is 8.02. The lowest BCUT2D eigenvalue weighted by molar-refractivity contribution is 0.310. The Hall–Kier alpha value is -2.52. The quantitative estimate of drug-likeness (QED) is 0.603. The van der Waals surface area contributed by atoms with Crippen LogP contribution in [0.25, 0.3) is 10.8 Å². The molecule has 9 heteroatoms. The smallest absolute Gasteiger partial charge is 0.275 e. The van der Waals surface area contributed by atoms with Gasteiger partial charge in [0, 0.05) is 17.0 Å². The van der Waals surface area contributed by atoms with Gasteiger partial charge in [-0.2, -0.15) is 5.10 Å². The van der Waals surface area contributed by atoms with Gasteiger partial charge in [0.2, 0.25) is 10.0 Å².